The van der Waals surface area contributed by atoms with Crippen molar-refractivity contribution in [2.24, 2.45) is 0 Å². The minimum atomic E-state index is -0.870. The Morgan fingerprint density at radius 2 is 1.95 bits per heavy atom. The molecule has 3 N–H and O–H groups in total. The molecule has 6 heteroatoms. The first-order valence-electron chi connectivity index (χ1n) is 6.47. The van der Waals surface area contributed by atoms with Gasteiger partial charge in [0.25, 0.3) is 0 Å². The molecule has 0 aliphatic heterocycles. The molecule has 0 bridgehead atoms. The van der Waals surface area contributed by atoms with Gasteiger partial charge in [0, 0.05) is 17.5 Å². The third-order valence-corrected chi connectivity index (χ3v) is 3.66. The third kappa shape index (κ3) is 6.47. The second-order valence-corrected chi connectivity index (χ2v) is 5.75. The fourth-order valence-corrected chi connectivity index (χ4v) is 2.28. The highest BCUT2D eigenvalue weighted by molar-refractivity contribution is 7.99. The molecule has 110 valence electrons. The Hall–Kier alpha value is -1.69. The predicted molar refractivity (Wildman–Crippen MR) is 82.4 cm³/mol. The molecule has 5 nitrogen and oxygen atoms in total. The number of carboxylic acid groups (broad SMARTS) is 1. The number of carboxylic acids is 1. The number of anilines is 1. The molecule has 0 fully saturated rings. The van der Waals surface area contributed by atoms with E-state index in [4.69, 9.17) is 5.11 Å². The van der Waals surface area contributed by atoms with E-state index < -0.39 is 5.97 Å². The molecule has 1 aromatic rings. The summed E-state index contributed by atoms with van der Waals surface area (Å²) >= 11 is 1.77. The normalized spacial score (nSPS) is 11.7. The van der Waals surface area contributed by atoms with Gasteiger partial charge in [-0.1, -0.05) is 19.1 Å². The van der Waals surface area contributed by atoms with E-state index in [1.807, 2.05) is 6.92 Å². The van der Waals surface area contributed by atoms with Crippen molar-refractivity contribution in [1.29, 1.82) is 0 Å². The topological polar surface area (TPSA) is 78.4 Å². The number of hydrogen-bond donors (Lipinski definition) is 3. The van der Waals surface area contributed by atoms with Crippen LogP contribution in [-0.4, -0.2) is 34.7 Å². The first-order valence-corrected chi connectivity index (χ1v) is 7.62. The van der Waals surface area contributed by atoms with E-state index in [9.17, 15) is 9.59 Å². The lowest BCUT2D eigenvalue weighted by atomic mass is 10.1. The Morgan fingerprint density at radius 1 is 1.30 bits per heavy atom. The summed E-state index contributed by atoms with van der Waals surface area (Å²) in [6, 6.07) is 6.64. The van der Waals surface area contributed by atoms with Crippen LogP contribution in [0.3, 0.4) is 0 Å². The minimum absolute atomic E-state index is 0.0161. The number of thioether (sulfide) groups is 1. The number of urea groups is 1. The lowest BCUT2D eigenvalue weighted by Crippen LogP contribution is -2.37. The average Bonchev–Trinajstić information content (AvgIpc) is 2.38. The summed E-state index contributed by atoms with van der Waals surface area (Å²) in [5.74, 6) is 1.03. The van der Waals surface area contributed by atoms with Gasteiger partial charge < -0.3 is 15.7 Å². The molecular formula is C14H20N2O3S. The van der Waals surface area contributed by atoms with Crippen molar-refractivity contribution >= 4 is 29.4 Å². The van der Waals surface area contributed by atoms with Crippen molar-refractivity contribution in [2.75, 3.05) is 16.8 Å². The van der Waals surface area contributed by atoms with Crippen molar-refractivity contribution < 1.29 is 14.7 Å². The zero-order chi connectivity index (χ0) is 15.0. The smallest absolute Gasteiger partial charge is 0.319 e. The molecule has 0 saturated heterocycles. The van der Waals surface area contributed by atoms with E-state index in [1.165, 1.54) is 0 Å². The van der Waals surface area contributed by atoms with Crippen LogP contribution in [0.2, 0.25) is 0 Å². The Labute approximate surface area is 123 Å². The van der Waals surface area contributed by atoms with E-state index >= 15 is 0 Å². The molecule has 2 amide bonds. The van der Waals surface area contributed by atoms with E-state index in [0.717, 1.165) is 11.5 Å². The molecule has 0 spiro atoms. The van der Waals surface area contributed by atoms with Crippen LogP contribution in [0, 0.1) is 0 Å². The van der Waals surface area contributed by atoms with Gasteiger partial charge in [0.2, 0.25) is 0 Å². The Balaban J connectivity index is 2.43. The van der Waals surface area contributed by atoms with Crippen molar-refractivity contribution in [3.8, 4) is 0 Å². The lowest BCUT2D eigenvalue weighted by Gasteiger charge is -2.14. The summed E-state index contributed by atoms with van der Waals surface area (Å²) in [7, 11) is 0. The first kappa shape index (κ1) is 16.4. The zero-order valence-corrected chi connectivity index (χ0v) is 12.5. The number of aliphatic carboxylic acids is 1. The second-order valence-electron chi connectivity index (χ2n) is 4.43. The van der Waals surface area contributed by atoms with Crippen LogP contribution in [0.4, 0.5) is 10.5 Å². The van der Waals surface area contributed by atoms with Gasteiger partial charge in [0.15, 0.2) is 0 Å². The Morgan fingerprint density at radius 3 is 2.50 bits per heavy atom. The van der Waals surface area contributed by atoms with E-state index in [2.05, 4.69) is 17.6 Å². The minimum Gasteiger partial charge on any atom is -0.481 e. The fraction of sp³-hybridized carbons (Fsp3) is 0.429. The molecule has 0 aromatic heterocycles. The quantitative estimate of drug-likeness (QED) is 0.722. The number of rotatable bonds is 7. The van der Waals surface area contributed by atoms with Gasteiger partial charge in [-0.05, 0) is 30.4 Å². The SMILES string of the molecule is CCSCC(C)NC(=O)Nc1ccc(CC(=O)O)cc1. The molecule has 1 rings (SSSR count). The van der Waals surface area contributed by atoms with Gasteiger partial charge in [-0.3, -0.25) is 4.79 Å². The van der Waals surface area contributed by atoms with E-state index in [0.29, 0.717) is 11.3 Å². The number of benzene rings is 1. The molecule has 0 heterocycles. The van der Waals surface area contributed by atoms with E-state index in [1.54, 1.807) is 36.0 Å². The van der Waals surface area contributed by atoms with Crippen LogP contribution in [0.1, 0.15) is 19.4 Å². The number of carbonyl (C=O) groups is 2. The molecule has 1 unspecified atom stereocenters. The van der Waals surface area contributed by atoms with Gasteiger partial charge in [-0.2, -0.15) is 11.8 Å². The fourth-order valence-electron chi connectivity index (χ4n) is 1.61. The van der Waals surface area contributed by atoms with Crippen molar-refractivity contribution in [3.63, 3.8) is 0 Å². The second kappa shape index (κ2) is 8.47. The monoisotopic (exact) mass is 296 g/mol. The van der Waals surface area contributed by atoms with Crippen LogP contribution in [0.5, 0.6) is 0 Å². The molecular weight excluding hydrogens is 276 g/mol. The highest BCUT2D eigenvalue weighted by atomic mass is 32.2. The predicted octanol–water partition coefficient (Wildman–Crippen LogP) is 2.58. The largest absolute Gasteiger partial charge is 0.481 e. The summed E-state index contributed by atoms with van der Waals surface area (Å²) in [6.07, 6.45) is -0.0161. The summed E-state index contributed by atoms with van der Waals surface area (Å²) in [6.45, 7) is 4.04. The number of carbonyl (C=O) groups excluding carboxylic acids is 1. The Bertz CT molecular complexity index is 448. The van der Waals surface area contributed by atoms with Crippen LogP contribution >= 0.6 is 11.8 Å². The van der Waals surface area contributed by atoms with Crippen LogP contribution in [-0.2, 0) is 11.2 Å². The van der Waals surface area contributed by atoms with Gasteiger partial charge in [0.1, 0.15) is 0 Å². The maximum atomic E-state index is 11.7. The molecule has 0 radical (unpaired) electrons. The maximum Gasteiger partial charge on any atom is 0.319 e. The maximum absolute atomic E-state index is 11.7. The molecule has 1 atom stereocenters. The average molecular weight is 296 g/mol. The van der Waals surface area contributed by atoms with Gasteiger partial charge >= 0.3 is 12.0 Å². The van der Waals surface area contributed by atoms with Crippen LogP contribution < -0.4 is 10.6 Å². The third-order valence-electron chi connectivity index (χ3n) is 2.52. The van der Waals surface area contributed by atoms with Gasteiger partial charge in [0.05, 0.1) is 6.42 Å². The van der Waals surface area contributed by atoms with Crippen molar-refractivity contribution in [2.45, 2.75) is 26.3 Å². The van der Waals surface area contributed by atoms with Gasteiger partial charge in [-0.15, -0.1) is 0 Å². The summed E-state index contributed by atoms with van der Waals surface area (Å²) in [5.41, 5.74) is 1.35. The summed E-state index contributed by atoms with van der Waals surface area (Å²) in [4.78, 5) is 22.3. The molecule has 0 aliphatic carbocycles. The highest BCUT2D eigenvalue weighted by Crippen LogP contribution is 2.10. The molecule has 1 aromatic carbocycles. The highest BCUT2D eigenvalue weighted by Gasteiger charge is 2.07. The molecule has 20 heavy (non-hydrogen) atoms. The standard InChI is InChI=1S/C14H20N2O3S/c1-3-20-9-10(2)15-14(19)16-12-6-4-11(5-7-12)8-13(17)18/h4-7,10H,3,8-9H2,1-2H3,(H,17,18)(H2,15,16,19). The first-order chi connectivity index (χ1) is 9.51. The molecule has 0 aliphatic rings. The van der Waals surface area contributed by atoms with Crippen molar-refractivity contribution in [3.05, 3.63) is 29.8 Å². The van der Waals surface area contributed by atoms with Gasteiger partial charge in [-0.25, -0.2) is 4.79 Å². The van der Waals surface area contributed by atoms with E-state index in [-0.39, 0.29) is 18.5 Å². The van der Waals surface area contributed by atoms with Crippen LogP contribution in [0.15, 0.2) is 24.3 Å². The Kier molecular flexibility index (Phi) is 6.93. The number of amides is 2. The van der Waals surface area contributed by atoms with Crippen molar-refractivity contribution in [1.82, 2.24) is 5.32 Å². The van der Waals surface area contributed by atoms with Crippen LogP contribution in [0.25, 0.3) is 0 Å². The summed E-state index contributed by atoms with van der Waals surface area (Å²) in [5, 5.41) is 14.2. The number of hydrogen-bond acceptors (Lipinski definition) is 3. The number of nitrogens with one attached hydrogen (secondary N) is 2. The molecule has 0 saturated carbocycles. The zero-order valence-electron chi connectivity index (χ0n) is 11.7. The lowest BCUT2D eigenvalue weighted by molar-refractivity contribution is -0.136. The summed E-state index contributed by atoms with van der Waals surface area (Å²) < 4.78 is 0.